The van der Waals surface area contributed by atoms with Gasteiger partial charge in [-0.15, -0.1) is 0 Å². The maximum atomic E-state index is 12.5. The van der Waals surface area contributed by atoms with Gasteiger partial charge in [0.2, 0.25) is 5.91 Å². The van der Waals surface area contributed by atoms with E-state index in [1.165, 1.54) is 17.4 Å². The monoisotopic (exact) mass is 372 g/mol. The van der Waals surface area contributed by atoms with Crippen LogP contribution in [0.5, 0.6) is 0 Å². The summed E-state index contributed by atoms with van der Waals surface area (Å²) in [6.07, 6.45) is 2.64. The fourth-order valence-electron chi connectivity index (χ4n) is 3.22. The Kier molecular flexibility index (Phi) is 5.98. The van der Waals surface area contributed by atoms with Gasteiger partial charge >= 0.3 is 0 Å². The Morgan fingerprint density at radius 1 is 1.19 bits per heavy atom. The van der Waals surface area contributed by atoms with Crippen LogP contribution in [0.25, 0.3) is 0 Å². The lowest BCUT2D eigenvalue weighted by atomic mass is 10.1. The molecule has 0 saturated carbocycles. The Bertz CT molecular complexity index is 814. The Labute approximate surface area is 157 Å². The third-order valence-electron chi connectivity index (χ3n) is 4.74. The van der Waals surface area contributed by atoms with Crippen LogP contribution in [-0.4, -0.2) is 53.2 Å². The van der Waals surface area contributed by atoms with E-state index in [1.807, 2.05) is 36.3 Å². The summed E-state index contributed by atoms with van der Waals surface area (Å²) in [7, 11) is 0. The summed E-state index contributed by atoms with van der Waals surface area (Å²) in [5, 5.41) is 0.611. The van der Waals surface area contributed by atoms with E-state index in [9.17, 15) is 9.59 Å². The van der Waals surface area contributed by atoms with Gasteiger partial charge < -0.3 is 14.8 Å². The smallest absolute Gasteiger partial charge is 0.254 e. The minimum Gasteiger partial charge on any atom is -0.368 e. The second-order valence-corrected chi connectivity index (χ2v) is 7.14. The Morgan fingerprint density at radius 3 is 2.50 bits per heavy atom. The molecule has 0 atom stereocenters. The lowest BCUT2D eigenvalue weighted by molar-refractivity contribution is -0.131. The van der Waals surface area contributed by atoms with E-state index in [1.54, 1.807) is 0 Å². The Hall–Kier alpha value is -2.28. The van der Waals surface area contributed by atoms with Gasteiger partial charge in [-0.2, -0.15) is 0 Å². The van der Waals surface area contributed by atoms with Gasteiger partial charge in [-0.25, -0.2) is 4.98 Å². The van der Waals surface area contributed by atoms with Crippen molar-refractivity contribution in [3.8, 4) is 0 Å². The third-order valence-corrected chi connectivity index (χ3v) is 5.32. The van der Waals surface area contributed by atoms with E-state index in [4.69, 9.17) is 0 Å². The molecule has 138 valence electrons. The molecule has 0 spiro atoms. The summed E-state index contributed by atoms with van der Waals surface area (Å²) in [5.74, 6) is 0.102. The van der Waals surface area contributed by atoms with E-state index in [0.29, 0.717) is 42.3 Å². The van der Waals surface area contributed by atoms with E-state index in [-0.39, 0.29) is 11.5 Å². The molecular formula is C19H24N4O2S. The minimum absolute atomic E-state index is 0.102. The molecule has 1 aromatic heterocycles. The number of amides is 1. The topological polar surface area (TPSA) is 69.3 Å². The minimum atomic E-state index is -0.136. The highest BCUT2D eigenvalue weighted by atomic mass is 32.2. The molecule has 1 aliphatic heterocycles. The average molecular weight is 372 g/mol. The van der Waals surface area contributed by atoms with Crippen LogP contribution < -0.4 is 10.5 Å². The molecule has 0 unspecified atom stereocenters. The highest BCUT2D eigenvalue weighted by Crippen LogP contribution is 2.16. The zero-order chi connectivity index (χ0) is 18.5. The first kappa shape index (κ1) is 18.5. The van der Waals surface area contributed by atoms with Crippen LogP contribution in [0.15, 0.2) is 40.3 Å². The molecule has 0 bridgehead atoms. The summed E-state index contributed by atoms with van der Waals surface area (Å²) in [6.45, 7) is 4.92. The standard InChI is InChI=1S/C19H24N4O2S/c1-14-16(18(25)21-19(20-14)26-2)8-9-17(24)23-12-10-22(11-13-23)15-6-4-3-5-7-15/h3-7H,8-13H2,1-2H3,(H,20,21,25). The van der Waals surface area contributed by atoms with Crippen LogP contribution in [0.1, 0.15) is 17.7 Å². The average Bonchev–Trinajstić information content (AvgIpc) is 2.67. The van der Waals surface area contributed by atoms with Gasteiger partial charge in [0.15, 0.2) is 5.16 Å². The molecule has 1 saturated heterocycles. The molecule has 1 N–H and O–H groups in total. The maximum Gasteiger partial charge on any atom is 0.254 e. The first-order valence-electron chi connectivity index (χ1n) is 8.80. The molecule has 0 radical (unpaired) electrons. The molecule has 1 amide bonds. The van der Waals surface area contributed by atoms with Crippen LogP contribution in [0.2, 0.25) is 0 Å². The molecule has 2 heterocycles. The number of nitrogens with one attached hydrogen (secondary N) is 1. The van der Waals surface area contributed by atoms with Crippen LogP contribution in [0.3, 0.4) is 0 Å². The summed E-state index contributed by atoms with van der Waals surface area (Å²) in [4.78, 5) is 36.0. The number of H-pyrrole nitrogens is 1. The van der Waals surface area contributed by atoms with E-state index < -0.39 is 0 Å². The number of anilines is 1. The predicted molar refractivity (Wildman–Crippen MR) is 105 cm³/mol. The number of aromatic amines is 1. The van der Waals surface area contributed by atoms with Gasteiger partial charge in [0.1, 0.15) is 0 Å². The van der Waals surface area contributed by atoms with Crippen molar-refractivity contribution in [1.82, 2.24) is 14.9 Å². The Morgan fingerprint density at radius 2 is 1.88 bits per heavy atom. The van der Waals surface area contributed by atoms with Crippen LogP contribution in [0.4, 0.5) is 5.69 Å². The molecule has 3 rings (SSSR count). The molecule has 26 heavy (non-hydrogen) atoms. The highest BCUT2D eigenvalue weighted by Gasteiger charge is 2.21. The third kappa shape index (κ3) is 4.27. The van der Waals surface area contributed by atoms with Crippen molar-refractivity contribution >= 4 is 23.4 Å². The molecule has 2 aromatic rings. The lowest BCUT2D eigenvalue weighted by Crippen LogP contribution is -2.48. The normalized spacial score (nSPS) is 14.5. The fraction of sp³-hybridized carbons (Fsp3) is 0.421. The SMILES string of the molecule is CSc1nc(C)c(CCC(=O)N2CCN(c3ccccc3)CC2)c(=O)[nH]1. The van der Waals surface area contributed by atoms with Gasteiger partial charge in [0.05, 0.1) is 0 Å². The Balaban J connectivity index is 1.55. The second kappa shape index (κ2) is 8.40. The number of aryl methyl sites for hydroxylation is 1. The molecule has 1 fully saturated rings. The van der Waals surface area contributed by atoms with Crippen molar-refractivity contribution in [2.45, 2.75) is 24.9 Å². The number of hydrogen-bond donors (Lipinski definition) is 1. The zero-order valence-corrected chi connectivity index (χ0v) is 16.0. The lowest BCUT2D eigenvalue weighted by Gasteiger charge is -2.36. The number of benzene rings is 1. The van der Waals surface area contributed by atoms with Crippen molar-refractivity contribution in [3.05, 3.63) is 51.9 Å². The van der Waals surface area contributed by atoms with Crippen molar-refractivity contribution in [2.75, 3.05) is 37.3 Å². The number of rotatable bonds is 5. The largest absolute Gasteiger partial charge is 0.368 e. The van der Waals surface area contributed by atoms with E-state index >= 15 is 0 Å². The number of hydrogen-bond acceptors (Lipinski definition) is 5. The van der Waals surface area contributed by atoms with Crippen molar-refractivity contribution in [1.29, 1.82) is 0 Å². The maximum absolute atomic E-state index is 12.5. The highest BCUT2D eigenvalue weighted by molar-refractivity contribution is 7.98. The number of aromatic nitrogens is 2. The zero-order valence-electron chi connectivity index (χ0n) is 15.2. The molecule has 0 aliphatic carbocycles. The van der Waals surface area contributed by atoms with Gasteiger partial charge in [-0.3, -0.25) is 9.59 Å². The summed E-state index contributed by atoms with van der Waals surface area (Å²) >= 11 is 1.40. The van der Waals surface area contributed by atoms with E-state index in [2.05, 4.69) is 27.0 Å². The summed E-state index contributed by atoms with van der Waals surface area (Å²) in [5.41, 5.74) is 2.38. The van der Waals surface area contributed by atoms with Crippen LogP contribution in [-0.2, 0) is 11.2 Å². The number of carbonyl (C=O) groups excluding carboxylic acids is 1. The number of thioether (sulfide) groups is 1. The first-order valence-corrected chi connectivity index (χ1v) is 10.0. The van der Waals surface area contributed by atoms with E-state index in [0.717, 1.165) is 13.1 Å². The number of nitrogens with zero attached hydrogens (tertiary/aromatic N) is 3. The number of piperazine rings is 1. The van der Waals surface area contributed by atoms with Gasteiger partial charge in [-0.05, 0) is 31.7 Å². The van der Waals surface area contributed by atoms with Gasteiger partial charge in [-0.1, -0.05) is 30.0 Å². The van der Waals surface area contributed by atoms with Crippen LogP contribution >= 0.6 is 11.8 Å². The predicted octanol–water partition coefficient (Wildman–Crippen LogP) is 2.08. The fourth-order valence-corrected chi connectivity index (χ4v) is 3.64. The van der Waals surface area contributed by atoms with Crippen molar-refractivity contribution in [2.24, 2.45) is 0 Å². The number of para-hydroxylation sites is 1. The second-order valence-electron chi connectivity index (χ2n) is 6.34. The summed E-state index contributed by atoms with van der Waals surface area (Å²) in [6, 6.07) is 10.3. The molecule has 7 heteroatoms. The molecule has 1 aromatic carbocycles. The van der Waals surface area contributed by atoms with Crippen LogP contribution in [0, 0.1) is 6.92 Å². The first-order chi connectivity index (χ1) is 12.6. The van der Waals surface area contributed by atoms with Crippen molar-refractivity contribution in [3.63, 3.8) is 0 Å². The quantitative estimate of drug-likeness (QED) is 0.643. The van der Waals surface area contributed by atoms with Gasteiger partial charge in [0.25, 0.3) is 5.56 Å². The molecule has 6 nitrogen and oxygen atoms in total. The van der Waals surface area contributed by atoms with Gasteiger partial charge in [0, 0.05) is 49.5 Å². The molecule has 1 aliphatic rings. The number of carbonyl (C=O) groups is 1. The van der Waals surface area contributed by atoms with Crippen molar-refractivity contribution < 1.29 is 4.79 Å². The summed E-state index contributed by atoms with van der Waals surface area (Å²) < 4.78 is 0. The molecular weight excluding hydrogens is 348 g/mol.